The summed E-state index contributed by atoms with van der Waals surface area (Å²) in [5, 5.41) is 0. The third-order valence-corrected chi connectivity index (χ3v) is 5.66. The largest absolute Gasteiger partial charge is 0.429 e. The van der Waals surface area contributed by atoms with E-state index < -0.39 is 6.11 Å². The molecule has 1 unspecified atom stereocenters. The summed E-state index contributed by atoms with van der Waals surface area (Å²) in [4.78, 5) is 13.4. The maximum Gasteiger partial charge on any atom is 0.422 e. The topological polar surface area (TPSA) is 52.3 Å². The zero-order valence-electron chi connectivity index (χ0n) is 16.9. The number of allylic oxidation sites excluding steroid dienone is 2. The average Bonchev–Trinajstić information content (AvgIpc) is 2.66. The molecule has 1 aromatic carbocycles. The lowest BCUT2D eigenvalue weighted by Crippen LogP contribution is -2.26. The van der Waals surface area contributed by atoms with Gasteiger partial charge in [-0.15, -0.1) is 0 Å². The number of hydrogen-bond acceptors (Lipinski definition) is 4. The Labute approximate surface area is 177 Å². The van der Waals surface area contributed by atoms with Crippen molar-refractivity contribution in [1.82, 2.24) is 0 Å². The summed E-state index contributed by atoms with van der Waals surface area (Å²) in [5.74, 6) is 0.248. The fraction of sp³-hybridized carbons (Fsp3) is 0.478. The molecule has 0 bridgehead atoms. The summed E-state index contributed by atoms with van der Waals surface area (Å²) in [5.41, 5.74) is 6.49. The summed E-state index contributed by atoms with van der Waals surface area (Å²) in [6.07, 6.45) is 3.03. The molecule has 1 aliphatic rings. The van der Waals surface area contributed by atoms with Crippen LogP contribution >= 0.6 is 12.2 Å². The molecule has 1 atom stereocenters. The Morgan fingerprint density at radius 1 is 1.31 bits per heavy atom. The van der Waals surface area contributed by atoms with Gasteiger partial charge in [0.25, 0.3) is 0 Å². The number of carbonyl (C=O) groups excluding carboxylic acids is 1. The summed E-state index contributed by atoms with van der Waals surface area (Å²) in [6.45, 7) is 5.13. The predicted octanol–water partition coefficient (Wildman–Crippen LogP) is 5.88. The Hall–Kier alpha value is -1.92. The van der Waals surface area contributed by atoms with Gasteiger partial charge < -0.3 is 10.5 Å². The van der Waals surface area contributed by atoms with Gasteiger partial charge >= 0.3 is 6.11 Å². The molecule has 0 aliphatic heterocycles. The molecule has 0 amide bonds. The van der Waals surface area contributed by atoms with Crippen molar-refractivity contribution < 1.29 is 18.3 Å². The predicted molar refractivity (Wildman–Crippen MR) is 117 cm³/mol. The van der Waals surface area contributed by atoms with Crippen LogP contribution in [-0.2, 0) is 4.79 Å². The van der Waals surface area contributed by atoms with Crippen LogP contribution in [0.25, 0.3) is 5.57 Å². The van der Waals surface area contributed by atoms with E-state index in [0.29, 0.717) is 36.9 Å². The minimum Gasteiger partial charge on any atom is -0.429 e. The maximum atomic E-state index is 14.1. The van der Waals surface area contributed by atoms with E-state index in [9.17, 15) is 13.6 Å². The molecule has 3 nitrogen and oxygen atoms in total. The van der Waals surface area contributed by atoms with Gasteiger partial charge in [-0.3, -0.25) is 4.79 Å². The summed E-state index contributed by atoms with van der Waals surface area (Å²) < 4.78 is 33.3. The van der Waals surface area contributed by atoms with Gasteiger partial charge in [-0.05, 0) is 80.5 Å². The van der Waals surface area contributed by atoms with Crippen LogP contribution in [0, 0.1) is 5.92 Å². The zero-order chi connectivity index (χ0) is 21.4. The number of hydrogen-bond donors (Lipinski definition) is 1. The first-order valence-corrected chi connectivity index (χ1v) is 10.4. The number of nitrogens with two attached hydrogens (primary N) is 1. The quantitative estimate of drug-likeness (QED) is 0.441. The summed E-state index contributed by atoms with van der Waals surface area (Å²) in [6, 6.07) is 6.59. The van der Waals surface area contributed by atoms with E-state index in [0.717, 1.165) is 30.5 Å². The first-order chi connectivity index (χ1) is 13.7. The molecule has 0 spiro atoms. The van der Waals surface area contributed by atoms with Gasteiger partial charge in [0.2, 0.25) is 0 Å². The number of rotatable bonds is 7. The third kappa shape index (κ3) is 6.82. The Bertz CT molecular complexity index is 789. The van der Waals surface area contributed by atoms with Crippen LogP contribution in [0.5, 0.6) is 5.75 Å². The van der Waals surface area contributed by atoms with Gasteiger partial charge in [-0.2, -0.15) is 8.78 Å². The molecule has 0 fully saturated rings. The van der Waals surface area contributed by atoms with Crippen molar-refractivity contribution in [3.8, 4) is 5.75 Å². The van der Waals surface area contributed by atoms with Crippen molar-refractivity contribution in [2.45, 2.75) is 58.0 Å². The second kappa shape index (κ2) is 10.7. The van der Waals surface area contributed by atoms with Crippen molar-refractivity contribution in [3.63, 3.8) is 0 Å². The van der Waals surface area contributed by atoms with Crippen molar-refractivity contribution in [3.05, 3.63) is 48.1 Å². The van der Waals surface area contributed by atoms with Gasteiger partial charge in [0, 0.05) is 17.6 Å². The van der Waals surface area contributed by atoms with Gasteiger partial charge in [-0.1, -0.05) is 37.0 Å². The molecule has 0 heterocycles. The third-order valence-electron chi connectivity index (χ3n) is 5.12. The number of benzene rings is 1. The standard InChI is InChI=1S/C23H29F2NO2S/c1-16(2)23(24,25)28-21-10-4-3-9-20(21)18-13-12-17(7-6-14-26)22(29)11-5-8-19(27)15-18/h3-4,9-10,15,17H,1,5-8,11-14,26H2,2H3. The lowest BCUT2D eigenvalue weighted by atomic mass is 9.86. The number of thiocarbonyl (C=S) groups is 1. The van der Waals surface area contributed by atoms with Crippen LogP contribution in [0.3, 0.4) is 0 Å². The molecule has 29 heavy (non-hydrogen) atoms. The molecule has 0 saturated heterocycles. The van der Waals surface area contributed by atoms with Crippen molar-refractivity contribution in [1.29, 1.82) is 0 Å². The highest BCUT2D eigenvalue weighted by Gasteiger charge is 2.34. The van der Waals surface area contributed by atoms with Gasteiger partial charge in [0.05, 0.1) is 0 Å². The maximum absolute atomic E-state index is 14.1. The monoisotopic (exact) mass is 421 g/mol. The number of halogens is 2. The molecule has 0 saturated carbocycles. The Balaban J connectivity index is 2.36. The minimum atomic E-state index is -3.48. The summed E-state index contributed by atoms with van der Waals surface area (Å²) in [7, 11) is 0. The first kappa shape index (κ1) is 23.4. The number of para-hydroxylation sites is 1. The molecular formula is C23H29F2NO2S. The lowest BCUT2D eigenvalue weighted by Gasteiger charge is -2.23. The van der Waals surface area contributed by atoms with Crippen LogP contribution in [0.2, 0.25) is 0 Å². The van der Waals surface area contributed by atoms with Gasteiger partial charge in [0.15, 0.2) is 5.78 Å². The summed E-state index contributed by atoms with van der Waals surface area (Å²) >= 11 is 5.61. The molecule has 1 aromatic rings. The van der Waals surface area contributed by atoms with E-state index in [2.05, 4.69) is 6.58 Å². The average molecular weight is 422 g/mol. The van der Waals surface area contributed by atoms with E-state index in [1.165, 1.54) is 13.0 Å². The Kier molecular flexibility index (Phi) is 8.65. The molecule has 158 valence electrons. The fourth-order valence-electron chi connectivity index (χ4n) is 3.40. The number of ether oxygens (including phenoxy) is 1. The van der Waals surface area contributed by atoms with Crippen LogP contribution in [0.15, 0.2) is 42.5 Å². The van der Waals surface area contributed by atoms with E-state index in [-0.39, 0.29) is 23.0 Å². The van der Waals surface area contributed by atoms with E-state index in [4.69, 9.17) is 22.7 Å². The van der Waals surface area contributed by atoms with Crippen molar-refractivity contribution >= 4 is 28.4 Å². The number of ketones is 1. The number of alkyl halides is 2. The van der Waals surface area contributed by atoms with Gasteiger partial charge in [0.1, 0.15) is 5.75 Å². The molecule has 2 N–H and O–H groups in total. The molecule has 1 aliphatic carbocycles. The van der Waals surface area contributed by atoms with Gasteiger partial charge in [-0.25, -0.2) is 0 Å². The van der Waals surface area contributed by atoms with Crippen LogP contribution in [0.1, 0.15) is 57.4 Å². The molecule has 6 heteroatoms. The van der Waals surface area contributed by atoms with Crippen LogP contribution in [0.4, 0.5) is 8.78 Å². The second-order valence-electron chi connectivity index (χ2n) is 7.52. The van der Waals surface area contributed by atoms with Crippen molar-refractivity contribution in [2.24, 2.45) is 11.7 Å². The highest BCUT2D eigenvalue weighted by atomic mass is 32.1. The zero-order valence-corrected chi connectivity index (χ0v) is 17.7. The molecular weight excluding hydrogens is 392 g/mol. The molecule has 0 radical (unpaired) electrons. The molecule has 0 aromatic heterocycles. The highest BCUT2D eigenvalue weighted by molar-refractivity contribution is 7.80. The van der Waals surface area contributed by atoms with E-state index in [1.54, 1.807) is 24.3 Å². The first-order valence-electron chi connectivity index (χ1n) is 10.0. The lowest BCUT2D eigenvalue weighted by molar-refractivity contribution is -0.141. The normalized spacial score (nSPS) is 18.9. The smallest absolute Gasteiger partial charge is 0.422 e. The minimum absolute atomic E-state index is 0.0235. The molecule has 2 rings (SSSR count). The number of carbonyl (C=O) groups is 1. The van der Waals surface area contributed by atoms with E-state index in [1.807, 2.05) is 0 Å². The Morgan fingerprint density at radius 3 is 2.72 bits per heavy atom. The highest BCUT2D eigenvalue weighted by Crippen LogP contribution is 2.36. The SMILES string of the molecule is C=C(C)C(F)(F)Oc1ccccc1C1=CC(=O)CCCC(=S)C(CCCN)CC1. The Morgan fingerprint density at radius 2 is 2.03 bits per heavy atom. The second-order valence-corrected chi connectivity index (χ2v) is 8.04. The van der Waals surface area contributed by atoms with Crippen molar-refractivity contribution in [2.75, 3.05) is 6.54 Å². The fourth-order valence-corrected chi connectivity index (χ4v) is 3.78. The van der Waals surface area contributed by atoms with Crippen LogP contribution < -0.4 is 10.5 Å². The van der Waals surface area contributed by atoms with E-state index >= 15 is 0 Å². The van der Waals surface area contributed by atoms with Crippen LogP contribution in [-0.4, -0.2) is 23.3 Å².